The molecule has 0 aliphatic carbocycles. The molecule has 2 fully saturated rings. The molecule has 2 aliphatic heterocycles. The molecule has 0 aromatic rings. The van der Waals surface area contributed by atoms with Crippen LogP contribution in [0, 0.1) is 11.3 Å². The van der Waals surface area contributed by atoms with Crippen LogP contribution in [0.2, 0.25) is 0 Å². The largest absolute Gasteiger partial charge is 0.468 e. The fourth-order valence-electron chi connectivity index (χ4n) is 2.90. The van der Waals surface area contributed by atoms with E-state index >= 15 is 0 Å². The van der Waals surface area contributed by atoms with Crippen molar-refractivity contribution in [1.82, 2.24) is 5.06 Å². The molecular formula is C12H19NO6. The lowest BCUT2D eigenvalue weighted by molar-refractivity contribution is -0.172. The van der Waals surface area contributed by atoms with E-state index in [0.29, 0.717) is 13.0 Å². The van der Waals surface area contributed by atoms with Gasteiger partial charge >= 0.3 is 11.9 Å². The van der Waals surface area contributed by atoms with Crippen LogP contribution in [0.25, 0.3) is 0 Å². The maximum atomic E-state index is 12.1. The van der Waals surface area contributed by atoms with Gasteiger partial charge in [0.25, 0.3) is 0 Å². The zero-order valence-electron chi connectivity index (χ0n) is 11.1. The minimum absolute atomic E-state index is 0.0305. The first kappa shape index (κ1) is 14.2. The highest BCUT2D eigenvalue weighted by atomic mass is 16.7. The van der Waals surface area contributed by atoms with Crippen LogP contribution in [0.3, 0.4) is 0 Å². The SMILES string of the molecule is COC(=O)C1(C(=O)OC)CON2CC[C@@H](CO)C[C@@H]21. The summed E-state index contributed by atoms with van der Waals surface area (Å²) < 4.78 is 9.54. The average Bonchev–Trinajstić information content (AvgIpc) is 2.85. The number of hydroxylamine groups is 2. The Balaban J connectivity index is 2.32. The van der Waals surface area contributed by atoms with Gasteiger partial charge in [-0.3, -0.25) is 14.4 Å². The summed E-state index contributed by atoms with van der Waals surface area (Å²) in [6.45, 7) is 0.531. The van der Waals surface area contributed by atoms with Crippen molar-refractivity contribution in [2.24, 2.45) is 11.3 Å². The van der Waals surface area contributed by atoms with Crippen LogP contribution in [0.1, 0.15) is 12.8 Å². The van der Waals surface area contributed by atoms with E-state index in [-0.39, 0.29) is 19.1 Å². The first-order chi connectivity index (χ1) is 9.09. The number of ether oxygens (including phenoxy) is 2. The monoisotopic (exact) mass is 273 g/mol. The number of rotatable bonds is 3. The smallest absolute Gasteiger partial charge is 0.327 e. The lowest BCUT2D eigenvalue weighted by Crippen LogP contribution is -2.54. The number of carbonyl (C=O) groups excluding carboxylic acids is 2. The average molecular weight is 273 g/mol. The molecule has 0 unspecified atom stereocenters. The minimum Gasteiger partial charge on any atom is -0.468 e. The third kappa shape index (κ3) is 2.11. The maximum absolute atomic E-state index is 12.1. The van der Waals surface area contributed by atoms with Crippen LogP contribution in [0.4, 0.5) is 0 Å². The van der Waals surface area contributed by atoms with Crippen molar-refractivity contribution in [3.63, 3.8) is 0 Å². The normalized spacial score (nSPS) is 29.6. The first-order valence-corrected chi connectivity index (χ1v) is 6.27. The molecule has 0 aromatic heterocycles. The van der Waals surface area contributed by atoms with Gasteiger partial charge in [0, 0.05) is 13.2 Å². The van der Waals surface area contributed by atoms with Crippen LogP contribution in [-0.4, -0.2) is 62.1 Å². The topological polar surface area (TPSA) is 85.3 Å². The molecule has 0 radical (unpaired) electrons. The second-order valence-corrected chi connectivity index (χ2v) is 4.96. The summed E-state index contributed by atoms with van der Waals surface area (Å²) in [5.41, 5.74) is -1.45. The fourth-order valence-corrected chi connectivity index (χ4v) is 2.90. The molecular weight excluding hydrogens is 254 g/mol. The molecule has 2 atom stereocenters. The summed E-state index contributed by atoms with van der Waals surface area (Å²) in [7, 11) is 2.48. The predicted octanol–water partition coefficient (Wildman–Crippen LogP) is -0.663. The number of fused-ring (bicyclic) bond motifs is 1. The quantitative estimate of drug-likeness (QED) is 0.539. The molecule has 2 aliphatic rings. The van der Waals surface area contributed by atoms with Gasteiger partial charge in [-0.25, -0.2) is 0 Å². The van der Waals surface area contributed by atoms with E-state index in [1.165, 1.54) is 14.2 Å². The number of hydrogen-bond acceptors (Lipinski definition) is 7. The Morgan fingerprint density at radius 1 is 1.37 bits per heavy atom. The highest BCUT2D eigenvalue weighted by Crippen LogP contribution is 2.42. The van der Waals surface area contributed by atoms with Gasteiger partial charge in [-0.15, -0.1) is 0 Å². The van der Waals surface area contributed by atoms with Crippen molar-refractivity contribution >= 4 is 11.9 Å². The molecule has 0 spiro atoms. The number of nitrogens with zero attached hydrogens (tertiary/aromatic N) is 1. The second kappa shape index (κ2) is 5.44. The molecule has 0 saturated carbocycles. The van der Waals surface area contributed by atoms with Gasteiger partial charge in [-0.2, -0.15) is 5.06 Å². The molecule has 19 heavy (non-hydrogen) atoms. The fraction of sp³-hybridized carbons (Fsp3) is 0.833. The Labute approximate surface area is 111 Å². The maximum Gasteiger partial charge on any atom is 0.327 e. The number of aliphatic hydroxyl groups is 1. The van der Waals surface area contributed by atoms with Crippen molar-refractivity contribution in [2.75, 3.05) is 34.0 Å². The van der Waals surface area contributed by atoms with Gasteiger partial charge in [-0.1, -0.05) is 0 Å². The lowest BCUT2D eigenvalue weighted by Gasteiger charge is -2.37. The second-order valence-electron chi connectivity index (χ2n) is 4.96. The molecule has 2 saturated heterocycles. The van der Waals surface area contributed by atoms with Crippen LogP contribution in [-0.2, 0) is 23.9 Å². The molecule has 2 rings (SSSR count). The van der Waals surface area contributed by atoms with Gasteiger partial charge in [0.2, 0.25) is 5.41 Å². The Bertz CT molecular complexity index is 355. The molecule has 108 valence electrons. The van der Waals surface area contributed by atoms with Gasteiger partial charge in [0.1, 0.15) is 0 Å². The van der Waals surface area contributed by atoms with Gasteiger partial charge in [0.15, 0.2) is 0 Å². The molecule has 2 heterocycles. The molecule has 0 amide bonds. The molecule has 0 aromatic carbocycles. The summed E-state index contributed by atoms with van der Waals surface area (Å²) in [4.78, 5) is 29.6. The van der Waals surface area contributed by atoms with E-state index < -0.39 is 23.4 Å². The van der Waals surface area contributed by atoms with Crippen molar-refractivity contribution in [1.29, 1.82) is 0 Å². The van der Waals surface area contributed by atoms with Gasteiger partial charge < -0.3 is 14.6 Å². The minimum atomic E-state index is -1.45. The van der Waals surface area contributed by atoms with Crippen molar-refractivity contribution < 1.29 is 29.0 Å². The number of hydrogen-bond donors (Lipinski definition) is 1. The van der Waals surface area contributed by atoms with Crippen molar-refractivity contribution in [2.45, 2.75) is 18.9 Å². The highest BCUT2D eigenvalue weighted by molar-refractivity contribution is 6.01. The van der Waals surface area contributed by atoms with E-state index in [1.807, 2.05) is 0 Å². The predicted molar refractivity (Wildman–Crippen MR) is 62.7 cm³/mol. The Morgan fingerprint density at radius 2 is 2.00 bits per heavy atom. The zero-order valence-corrected chi connectivity index (χ0v) is 11.1. The third-order valence-electron chi connectivity index (χ3n) is 4.05. The van der Waals surface area contributed by atoms with E-state index in [2.05, 4.69) is 0 Å². The summed E-state index contributed by atoms with van der Waals surface area (Å²) >= 11 is 0. The van der Waals surface area contributed by atoms with E-state index in [4.69, 9.17) is 14.3 Å². The summed E-state index contributed by atoms with van der Waals surface area (Å²) in [6, 6.07) is -0.446. The Hall–Kier alpha value is -1.18. The zero-order chi connectivity index (χ0) is 14.0. The summed E-state index contributed by atoms with van der Waals surface area (Å²) in [5, 5.41) is 10.9. The van der Waals surface area contributed by atoms with E-state index in [0.717, 1.165) is 6.42 Å². The van der Waals surface area contributed by atoms with Gasteiger partial charge in [-0.05, 0) is 18.8 Å². The van der Waals surface area contributed by atoms with E-state index in [9.17, 15) is 14.7 Å². The Kier molecular flexibility index (Phi) is 4.07. The van der Waals surface area contributed by atoms with Gasteiger partial charge in [0.05, 0.1) is 26.9 Å². The number of methoxy groups -OCH3 is 2. The number of aliphatic hydroxyl groups excluding tert-OH is 1. The summed E-state index contributed by atoms with van der Waals surface area (Å²) in [6.07, 6.45) is 1.27. The standard InChI is InChI=1S/C12H19NO6/c1-17-10(15)12(11(16)18-2)7-19-13-4-3-8(6-14)5-9(12)13/h8-9,14H,3-7H2,1-2H3/t8-,9-/m1/s1. The van der Waals surface area contributed by atoms with E-state index in [1.54, 1.807) is 5.06 Å². The van der Waals surface area contributed by atoms with Crippen LogP contribution >= 0.6 is 0 Å². The van der Waals surface area contributed by atoms with Crippen molar-refractivity contribution in [3.8, 4) is 0 Å². The highest BCUT2D eigenvalue weighted by Gasteiger charge is 2.62. The van der Waals surface area contributed by atoms with Crippen LogP contribution < -0.4 is 0 Å². The Morgan fingerprint density at radius 3 is 2.53 bits per heavy atom. The molecule has 7 heteroatoms. The third-order valence-corrected chi connectivity index (χ3v) is 4.05. The van der Waals surface area contributed by atoms with Crippen LogP contribution in [0.5, 0.6) is 0 Å². The number of esters is 2. The first-order valence-electron chi connectivity index (χ1n) is 6.27. The molecule has 0 bridgehead atoms. The summed E-state index contributed by atoms with van der Waals surface area (Å²) in [5.74, 6) is -1.24. The number of carbonyl (C=O) groups is 2. The number of piperidine rings is 1. The lowest BCUT2D eigenvalue weighted by atomic mass is 9.75. The van der Waals surface area contributed by atoms with Crippen LogP contribution in [0.15, 0.2) is 0 Å². The molecule has 1 N–H and O–H groups in total. The molecule has 7 nitrogen and oxygen atoms in total. The van der Waals surface area contributed by atoms with Crippen molar-refractivity contribution in [3.05, 3.63) is 0 Å².